The van der Waals surface area contributed by atoms with Crippen molar-refractivity contribution in [2.45, 2.75) is 9.16 Å². The highest BCUT2D eigenvalue weighted by molar-refractivity contribution is 8.06. The van der Waals surface area contributed by atoms with Gasteiger partial charge < -0.3 is 9.70 Å². The zero-order valence-corrected chi connectivity index (χ0v) is 23.8. The van der Waals surface area contributed by atoms with Crippen molar-refractivity contribution in [3.63, 3.8) is 0 Å². The maximum atomic E-state index is 13.2. The van der Waals surface area contributed by atoms with Gasteiger partial charge in [0.2, 0.25) is 9.16 Å². The van der Waals surface area contributed by atoms with Crippen molar-refractivity contribution in [1.82, 2.24) is 0 Å². The first-order valence-electron chi connectivity index (χ1n) is 10.9. The highest BCUT2D eigenvalue weighted by Crippen LogP contribution is 2.41. The van der Waals surface area contributed by atoms with Crippen molar-refractivity contribution >= 4 is 77.2 Å². The summed E-state index contributed by atoms with van der Waals surface area (Å²) in [5.74, 6) is 0. The fourth-order valence-electron chi connectivity index (χ4n) is 4.36. The van der Waals surface area contributed by atoms with Crippen LogP contribution in [0.4, 0.5) is 0 Å². The molecule has 0 saturated carbocycles. The molecule has 4 aromatic carbocycles. The summed E-state index contributed by atoms with van der Waals surface area (Å²) >= 11 is -4.68. The topological polar surface area (TPSA) is 184 Å². The highest BCUT2D eigenvalue weighted by Gasteiger charge is 2.59. The lowest BCUT2D eigenvalue weighted by Crippen LogP contribution is -2.45. The first-order valence-corrected chi connectivity index (χ1v) is 18.2. The Hall–Kier alpha value is -2.43. The second-order valence-corrected chi connectivity index (χ2v) is 17.7. The van der Waals surface area contributed by atoms with E-state index in [-0.39, 0.29) is 16.3 Å². The molecule has 12 nitrogen and oxygen atoms in total. The molecule has 17 heteroatoms. The van der Waals surface area contributed by atoms with Crippen LogP contribution in [0.1, 0.15) is 20.3 Å². The highest BCUT2D eigenvalue weighted by atomic mass is 32.3. The van der Waals surface area contributed by atoms with E-state index in [1.54, 1.807) is 42.5 Å². The van der Waals surface area contributed by atoms with Gasteiger partial charge in [0.1, 0.15) is 0 Å². The van der Waals surface area contributed by atoms with Gasteiger partial charge in [-0.1, -0.05) is 84.9 Å². The van der Waals surface area contributed by atoms with Crippen LogP contribution in [0.3, 0.4) is 0 Å². The number of hydrogen-bond acceptors (Lipinski definition) is 11. The molecule has 1 unspecified atom stereocenters. The summed E-state index contributed by atoms with van der Waals surface area (Å²) in [4.78, 5) is 0. The van der Waals surface area contributed by atoms with E-state index in [9.17, 15) is 38.2 Å². The summed E-state index contributed by atoms with van der Waals surface area (Å²) in [5, 5.41) is 1.33. The van der Waals surface area contributed by atoms with Crippen LogP contribution in [0.25, 0.3) is 21.5 Å². The fraction of sp³-hybridized carbons (Fsp3) is 0.0909. The predicted octanol–water partition coefficient (Wildman–Crippen LogP) is 2.62. The van der Waals surface area contributed by atoms with Crippen molar-refractivity contribution in [2.24, 2.45) is 0 Å². The molecular formula is C22H17AlO12S4. The van der Waals surface area contributed by atoms with Gasteiger partial charge in [-0.15, -0.1) is 0 Å². The van der Waals surface area contributed by atoms with Crippen molar-refractivity contribution in [2.75, 3.05) is 0 Å². The molecule has 0 radical (unpaired) electrons. The molecule has 1 fully saturated rings. The van der Waals surface area contributed by atoms with E-state index in [1.807, 2.05) is 0 Å². The average Bonchev–Trinajstić information content (AvgIpc) is 2.81. The lowest BCUT2D eigenvalue weighted by Gasteiger charge is -2.27. The van der Waals surface area contributed by atoms with Crippen LogP contribution in [0.15, 0.2) is 84.9 Å². The van der Waals surface area contributed by atoms with Crippen LogP contribution in [-0.4, -0.2) is 53.4 Å². The Balaban J connectivity index is 1.54. The SMILES string of the molecule is O=S(=O)(O)C(c1cccc2ccccc12)S(=O)(=O)[O][Al]1[O]S(=O)(=O)C(c2cccc3ccccc23)S(=O)(=O)[O]1. The standard InChI is InChI=1S/2C11H10O6S2.Al/c2*12-18(13,14)11(19(15,16)17)10-7-3-5-8-4-1-2-6-9(8)10;/h2*1-7,11H,(H,12,13,14)(H,15,16,17);/q;;+3/p-3. The molecule has 1 saturated heterocycles. The van der Waals surface area contributed by atoms with Crippen molar-refractivity contribution in [3.05, 3.63) is 96.1 Å². The summed E-state index contributed by atoms with van der Waals surface area (Å²) in [5.41, 5.74) is -0.616. The van der Waals surface area contributed by atoms with Crippen LogP contribution in [0.5, 0.6) is 0 Å². The summed E-state index contributed by atoms with van der Waals surface area (Å²) in [7, 11) is -21.2. The molecule has 0 amide bonds. The zero-order chi connectivity index (χ0) is 28.2. The van der Waals surface area contributed by atoms with E-state index in [2.05, 4.69) is 3.23 Å². The molecule has 1 atom stereocenters. The van der Waals surface area contributed by atoms with Crippen LogP contribution in [0, 0.1) is 0 Å². The lowest BCUT2D eigenvalue weighted by molar-refractivity contribution is 0.297. The molecule has 4 aromatic rings. The Labute approximate surface area is 229 Å². The molecule has 1 heterocycles. The number of hydrogen-bond donors (Lipinski definition) is 1. The van der Waals surface area contributed by atoms with Crippen molar-refractivity contribution < 1.29 is 47.9 Å². The van der Waals surface area contributed by atoms with E-state index in [0.717, 1.165) is 6.07 Å². The molecule has 5 rings (SSSR count). The number of rotatable bonds is 6. The first kappa shape index (κ1) is 28.1. The van der Waals surface area contributed by atoms with Gasteiger partial charge in [0.05, 0.1) is 0 Å². The maximum absolute atomic E-state index is 13.2. The third-order valence-electron chi connectivity index (χ3n) is 5.85. The quantitative estimate of drug-likeness (QED) is 0.244. The molecule has 0 aromatic heterocycles. The van der Waals surface area contributed by atoms with Crippen LogP contribution >= 0.6 is 0 Å². The van der Waals surface area contributed by atoms with Gasteiger partial charge in [-0.3, -0.25) is 4.55 Å². The van der Waals surface area contributed by atoms with Crippen LogP contribution in [0.2, 0.25) is 0 Å². The Bertz CT molecular complexity index is 2000. The van der Waals surface area contributed by atoms with Gasteiger partial charge in [0, 0.05) is 0 Å². The van der Waals surface area contributed by atoms with Crippen LogP contribution < -0.4 is 0 Å². The Morgan fingerprint density at radius 1 is 0.718 bits per heavy atom. The molecule has 1 aliphatic heterocycles. The monoisotopic (exact) mass is 628 g/mol. The van der Waals surface area contributed by atoms with Gasteiger partial charge in [0.25, 0.3) is 40.5 Å². The minimum atomic E-state index is -5.50. The van der Waals surface area contributed by atoms with E-state index in [0.29, 0.717) is 10.8 Å². The summed E-state index contributed by atoms with van der Waals surface area (Å²) in [6, 6.07) is 20.7. The maximum Gasteiger partial charge on any atom is 0.951 e. The van der Waals surface area contributed by atoms with E-state index in [1.165, 1.54) is 36.4 Å². The fourth-order valence-corrected chi connectivity index (χ4v) is 15.1. The Morgan fingerprint density at radius 2 is 1.21 bits per heavy atom. The van der Waals surface area contributed by atoms with Gasteiger partial charge in [-0.05, 0) is 32.7 Å². The largest absolute Gasteiger partial charge is 0.951 e. The van der Waals surface area contributed by atoms with Gasteiger partial charge in [-0.2, -0.15) is 8.42 Å². The second kappa shape index (κ2) is 9.89. The molecule has 39 heavy (non-hydrogen) atoms. The van der Waals surface area contributed by atoms with Crippen LogP contribution in [-0.2, 0) is 50.2 Å². The van der Waals surface area contributed by atoms with Crippen molar-refractivity contribution in [3.8, 4) is 0 Å². The Morgan fingerprint density at radius 3 is 1.79 bits per heavy atom. The molecule has 0 bridgehead atoms. The third kappa shape index (κ3) is 5.35. The van der Waals surface area contributed by atoms with E-state index in [4.69, 9.17) is 6.47 Å². The summed E-state index contributed by atoms with van der Waals surface area (Å²) in [6.07, 6.45) is 0. The smallest absolute Gasteiger partial charge is 0.340 e. The van der Waals surface area contributed by atoms with Crippen molar-refractivity contribution in [1.29, 1.82) is 0 Å². The summed E-state index contributed by atoms with van der Waals surface area (Å²) in [6.45, 7) is 0. The predicted molar refractivity (Wildman–Crippen MR) is 141 cm³/mol. The zero-order valence-electron chi connectivity index (χ0n) is 19.4. The summed E-state index contributed by atoms with van der Waals surface area (Å²) < 4.78 is 122. The molecule has 0 aliphatic carbocycles. The normalized spacial score (nSPS) is 18.7. The molecule has 1 N–H and O–H groups in total. The lowest BCUT2D eigenvalue weighted by atomic mass is 10.1. The van der Waals surface area contributed by atoms with Gasteiger partial charge in [0.15, 0.2) is 0 Å². The average molecular weight is 629 g/mol. The minimum Gasteiger partial charge on any atom is -0.340 e. The first-order chi connectivity index (χ1) is 18.2. The second-order valence-electron chi connectivity index (χ2n) is 8.37. The van der Waals surface area contributed by atoms with E-state index >= 15 is 0 Å². The minimum absolute atomic E-state index is 0.123. The Kier molecular flexibility index (Phi) is 7.13. The molecule has 1 aliphatic rings. The number of benzene rings is 4. The molecular weight excluding hydrogens is 611 g/mol. The van der Waals surface area contributed by atoms with Gasteiger partial charge >= 0.3 is 15.1 Å². The third-order valence-corrected chi connectivity index (χ3v) is 16.9. The molecule has 204 valence electrons. The van der Waals surface area contributed by atoms with Gasteiger partial charge in [-0.25, -0.2) is 25.3 Å². The molecule has 0 spiro atoms. The van der Waals surface area contributed by atoms with E-state index < -0.39 is 70.3 Å². The number of fused-ring (bicyclic) bond motifs is 2.